The van der Waals surface area contributed by atoms with Gasteiger partial charge in [0.15, 0.2) is 17.7 Å². The summed E-state index contributed by atoms with van der Waals surface area (Å²) in [5.74, 6) is -0.560. The van der Waals surface area contributed by atoms with Crippen LogP contribution in [0.3, 0.4) is 0 Å². The highest BCUT2D eigenvalue weighted by Crippen LogP contribution is 2.40. The summed E-state index contributed by atoms with van der Waals surface area (Å²) in [5, 5.41) is 33.9. The molecule has 0 spiro atoms. The minimum Gasteiger partial charge on any atom is -0.394 e. The van der Waals surface area contributed by atoms with E-state index in [4.69, 9.17) is 32.7 Å². The number of aliphatic hydroxyl groups is 2. The van der Waals surface area contributed by atoms with E-state index in [2.05, 4.69) is 15.3 Å². The molecule has 0 radical (unpaired) electrons. The van der Waals surface area contributed by atoms with Gasteiger partial charge in [0.1, 0.15) is 17.2 Å². The number of hydrogen-bond acceptors (Lipinski definition) is 8. The molecule has 1 fully saturated rings. The van der Waals surface area contributed by atoms with E-state index in [1.54, 1.807) is 30.5 Å². The smallest absolute Gasteiger partial charge is 0.235 e. The lowest BCUT2D eigenvalue weighted by molar-refractivity contribution is -0.158. The summed E-state index contributed by atoms with van der Waals surface area (Å²) < 4.78 is 13.2. The summed E-state index contributed by atoms with van der Waals surface area (Å²) in [7, 11) is 0. The zero-order valence-corrected chi connectivity index (χ0v) is 16.7. The maximum absolute atomic E-state index is 10.1. The Kier molecular flexibility index (Phi) is 4.88. The van der Waals surface area contributed by atoms with Gasteiger partial charge in [-0.05, 0) is 26.0 Å². The zero-order valence-electron chi connectivity index (χ0n) is 14.3. The molecule has 2 N–H and O–H groups in total. The van der Waals surface area contributed by atoms with E-state index in [-0.39, 0.29) is 0 Å². The molecule has 1 saturated heterocycles. The Hall–Kier alpha value is -1.33. The van der Waals surface area contributed by atoms with E-state index < -0.39 is 30.7 Å². The first-order valence-corrected chi connectivity index (χ1v) is 9.68. The van der Waals surface area contributed by atoms with Gasteiger partial charge in [-0.15, -0.1) is 10.2 Å². The molecule has 8 nitrogen and oxygen atoms in total. The predicted octanol–water partition coefficient (Wildman–Crippen LogP) is 2.71. The first-order chi connectivity index (χ1) is 12.8. The summed E-state index contributed by atoms with van der Waals surface area (Å²) in [5.41, 5.74) is 0.793. The average molecular weight is 431 g/mol. The van der Waals surface area contributed by atoms with Crippen LogP contribution in [-0.2, 0) is 9.47 Å². The van der Waals surface area contributed by atoms with E-state index >= 15 is 0 Å². The van der Waals surface area contributed by atoms with Crippen LogP contribution in [0.15, 0.2) is 18.2 Å². The van der Waals surface area contributed by atoms with Gasteiger partial charge in [0.25, 0.3) is 0 Å². The zero-order chi connectivity index (χ0) is 19.3. The van der Waals surface area contributed by atoms with E-state index in [0.717, 1.165) is 5.56 Å². The lowest BCUT2D eigenvalue weighted by Gasteiger charge is -2.19. The molecule has 3 heterocycles. The number of nitrogens with zero attached hydrogens (tertiary/aromatic N) is 4. The van der Waals surface area contributed by atoms with Crippen LogP contribution in [0.25, 0.3) is 15.5 Å². The van der Waals surface area contributed by atoms with Crippen molar-refractivity contribution in [2.75, 3.05) is 6.61 Å². The Morgan fingerprint density at radius 3 is 2.74 bits per heavy atom. The molecular formula is C16H16Cl2N4O4S. The SMILES string of the molecule is CC1(C)O[C@H]([C@H](O)CO)[C@@H](c2nnc3sc(-c4ccc(Cl)c(Cl)c4)nn23)O1. The lowest BCUT2D eigenvalue weighted by atomic mass is 10.1. The van der Waals surface area contributed by atoms with Crippen LogP contribution < -0.4 is 0 Å². The molecule has 1 aliphatic rings. The van der Waals surface area contributed by atoms with Crippen LogP contribution in [0.2, 0.25) is 10.0 Å². The fourth-order valence-corrected chi connectivity index (χ4v) is 4.07. The number of ether oxygens (including phenoxy) is 2. The second-order valence-corrected chi connectivity index (χ2v) is 8.33. The molecule has 1 aliphatic heterocycles. The molecule has 0 saturated carbocycles. The molecule has 0 aliphatic carbocycles. The van der Waals surface area contributed by atoms with Gasteiger partial charge in [-0.25, -0.2) is 0 Å². The summed E-state index contributed by atoms with van der Waals surface area (Å²) in [6.07, 6.45) is -2.66. The number of aliphatic hydroxyl groups excluding tert-OH is 2. The Morgan fingerprint density at radius 1 is 1.26 bits per heavy atom. The highest BCUT2D eigenvalue weighted by molar-refractivity contribution is 7.19. The third-order valence-corrected chi connectivity index (χ3v) is 5.82. The molecule has 0 bridgehead atoms. The summed E-state index contributed by atoms with van der Waals surface area (Å²) in [6.45, 7) is 2.99. The van der Waals surface area contributed by atoms with Crippen molar-refractivity contribution >= 4 is 39.5 Å². The van der Waals surface area contributed by atoms with Crippen LogP contribution >= 0.6 is 34.5 Å². The fraction of sp³-hybridized carbons (Fsp3) is 0.438. The van der Waals surface area contributed by atoms with Crippen molar-refractivity contribution in [1.29, 1.82) is 0 Å². The first-order valence-electron chi connectivity index (χ1n) is 8.11. The number of hydrogen-bond donors (Lipinski definition) is 2. The molecular weight excluding hydrogens is 415 g/mol. The van der Waals surface area contributed by atoms with Gasteiger partial charge in [-0.2, -0.15) is 9.61 Å². The van der Waals surface area contributed by atoms with Crippen LogP contribution in [0.4, 0.5) is 0 Å². The molecule has 0 amide bonds. The Morgan fingerprint density at radius 2 is 2.04 bits per heavy atom. The van der Waals surface area contributed by atoms with E-state index in [0.29, 0.717) is 25.8 Å². The monoisotopic (exact) mass is 430 g/mol. The third kappa shape index (κ3) is 3.44. The standard InChI is InChI=1S/C16H16Cl2N4O4S/c1-16(2)25-11(10(24)6-23)12(26-16)13-19-20-15-22(13)21-14(27-15)7-3-4-8(17)9(18)5-7/h3-5,10-12,23-24H,6H2,1-2H3/t10-,11-,12+/m1/s1. The summed E-state index contributed by atoms with van der Waals surface area (Å²) in [6, 6.07) is 5.24. The molecule has 4 rings (SSSR count). The van der Waals surface area contributed by atoms with E-state index in [9.17, 15) is 10.2 Å². The van der Waals surface area contributed by atoms with Crippen LogP contribution in [0.5, 0.6) is 0 Å². The Bertz CT molecular complexity index is 992. The first kappa shape index (κ1) is 19.0. The fourth-order valence-electron chi connectivity index (χ4n) is 2.93. The molecule has 3 atom stereocenters. The Labute approximate surface area is 168 Å². The van der Waals surface area contributed by atoms with Crippen molar-refractivity contribution in [2.24, 2.45) is 0 Å². The number of rotatable bonds is 4. The maximum atomic E-state index is 10.1. The molecule has 11 heteroatoms. The van der Waals surface area contributed by atoms with Crippen molar-refractivity contribution in [2.45, 2.75) is 37.9 Å². The Balaban J connectivity index is 1.74. The van der Waals surface area contributed by atoms with Crippen LogP contribution in [0, 0.1) is 0 Å². The number of fused-ring (bicyclic) bond motifs is 1. The molecule has 2 aromatic heterocycles. The van der Waals surface area contributed by atoms with Gasteiger partial charge in [0.05, 0.1) is 16.7 Å². The number of benzene rings is 1. The van der Waals surface area contributed by atoms with Crippen molar-refractivity contribution in [1.82, 2.24) is 19.8 Å². The second kappa shape index (κ2) is 6.93. The molecule has 144 valence electrons. The minimum absolute atomic E-state index is 0.385. The van der Waals surface area contributed by atoms with Gasteiger partial charge in [0.2, 0.25) is 4.96 Å². The third-order valence-electron chi connectivity index (χ3n) is 4.13. The number of halogens is 2. The average Bonchev–Trinajstić information content (AvgIpc) is 3.28. The predicted molar refractivity (Wildman–Crippen MR) is 100.0 cm³/mol. The summed E-state index contributed by atoms with van der Waals surface area (Å²) in [4.78, 5) is 0.552. The van der Waals surface area contributed by atoms with Gasteiger partial charge in [-0.3, -0.25) is 0 Å². The van der Waals surface area contributed by atoms with Crippen molar-refractivity contribution in [3.05, 3.63) is 34.1 Å². The largest absolute Gasteiger partial charge is 0.394 e. The van der Waals surface area contributed by atoms with Crippen molar-refractivity contribution in [3.8, 4) is 10.6 Å². The van der Waals surface area contributed by atoms with Crippen molar-refractivity contribution in [3.63, 3.8) is 0 Å². The topological polar surface area (TPSA) is 102 Å². The van der Waals surface area contributed by atoms with Gasteiger partial charge >= 0.3 is 0 Å². The maximum Gasteiger partial charge on any atom is 0.235 e. The lowest BCUT2D eigenvalue weighted by Crippen LogP contribution is -2.35. The van der Waals surface area contributed by atoms with Crippen LogP contribution in [-0.4, -0.2) is 54.6 Å². The minimum atomic E-state index is -1.13. The van der Waals surface area contributed by atoms with Crippen LogP contribution in [0.1, 0.15) is 25.8 Å². The summed E-state index contributed by atoms with van der Waals surface area (Å²) >= 11 is 13.4. The molecule has 1 aromatic carbocycles. The van der Waals surface area contributed by atoms with E-state index in [1.165, 1.54) is 11.3 Å². The van der Waals surface area contributed by atoms with Gasteiger partial charge in [0, 0.05) is 5.56 Å². The van der Waals surface area contributed by atoms with Gasteiger partial charge < -0.3 is 19.7 Å². The molecule has 3 aromatic rings. The van der Waals surface area contributed by atoms with Gasteiger partial charge in [-0.1, -0.05) is 40.6 Å². The highest BCUT2D eigenvalue weighted by Gasteiger charge is 2.47. The quantitative estimate of drug-likeness (QED) is 0.655. The van der Waals surface area contributed by atoms with Crippen molar-refractivity contribution < 1.29 is 19.7 Å². The molecule has 0 unspecified atom stereocenters. The molecule has 27 heavy (non-hydrogen) atoms. The highest BCUT2D eigenvalue weighted by atomic mass is 35.5. The second-order valence-electron chi connectivity index (χ2n) is 6.56. The number of aromatic nitrogens is 4. The van der Waals surface area contributed by atoms with E-state index in [1.807, 2.05) is 6.07 Å². The normalized spacial score (nSPS) is 23.2.